The highest BCUT2D eigenvalue weighted by atomic mass is 16.5. The number of hydrogen-bond donors (Lipinski definition) is 2. The molecule has 2 aromatic rings. The van der Waals surface area contributed by atoms with Crippen molar-refractivity contribution in [3.8, 4) is 5.75 Å². The summed E-state index contributed by atoms with van der Waals surface area (Å²) in [4.78, 5) is 0. The van der Waals surface area contributed by atoms with Gasteiger partial charge in [-0.25, -0.2) is 0 Å². The lowest BCUT2D eigenvalue weighted by Gasteiger charge is -2.49. The van der Waals surface area contributed by atoms with Crippen LogP contribution in [0, 0.1) is 5.92 Å². The maximum Gasteiger partial charge on any atom is 0.118 e. The summed E-state index contributed by atoms with van der Waals surface area (Å²) in [6, 6.07) is 18.8. The van der Waals surface area contributed by atoms with Gasteiger partial charge in [-0.2, -0.15) is 0 Å². The van der Waals surface area contributed by atoms with Gasteiger partial charge in [0.25, 0.3) is 0 Å². The fourth-order valence-corrected chi connectivity index (χ4v) is 4.58. The van der Waals surface area contributed by atoms with E-state index < -0.39 is 0 Å². The summed E-state index contributed by atoms with van der Waals surface area (Å²) >= 11 is 0. The van der Waals surface area contributed by atoms with Crippen LogP contribution in [0.5, 0.6) is 5.75 Å². The van der Waals surface area contributed by atoms with E-state index in [0.717, 1.165) is 38.3 Å². The Balaban J connectivity index is 1.75. The molecule has 152 valence electrons. The van der Waals surface area contributed by atoms with Gasteiger partial charge < -0.3 is 19.9 Å². The molecule has 1 fully saturated rings. The van der Waals surface area contributed by atoms with E-state index in [9.17, 15) is 5.11 Å². The standard InChI is InChI=1S/C24H33NO3/c1-23(2)18-24(13-14-28-23,20-7-5-4-6-8-20)21(17-26)16-25-15-19-9-11-22(27-3)12-10-19/h4-12,21,25-26H,13-18H2,1-3H3/t21-,24+/m1/s1. The third-order valence-corrected chi connectivity index (χ3v) is 6.01. The first-order valence-corrected chi connectivity index (χ1v) is 10.1. The Kier molecular flexibility index (Phi) is 6.76. The van der Waals surface area contributed by atoms with Gasteiger partial charge in [-0.3, -0.25) is 0 Å². The van der Waals surface area contributed by atoms with Crippen LogP contribution in [0.15, 0.2) is 54.6 Å². The molecule has 1 saturated heterocycles. The van der Waals surface area contributed by atoms with Crippen LogP contribution in [0.25, 0.3) is 0 Å². The zero-order chi connectivity index (χ0) is 20.0. The average Bonchev–Trinajstić information content (AvgIpc) is 2.71. The predicted molar refractivity (Wildman–Crippen MR) is 113 cm³/mol. The number of aliphatic hydroxyl groups excluding tert-OH is 1. The van der Waals surface area contributed by atoms with Crippen molar-refractivity contribution in [3.05, 3.63) is 65.7 Å². The molecule has 1 heterocycles. The van der Waals surface area contributed by atoms with E-state index in [1.165, 1.54) is 11.1 Å². The van der Waals surface area contributed by atoms with Gasteiger partial charge in [0.05, 0.1) is 12.7 Å². The van der Waals surface area contributed by atoms with E-state index >= 15 is 0 Å². The molecule has 0 spiro atoms. The van der Waals surface area contributed by atoms with Crippen LogP contribution < -0.4 is 10.1 Å². The van der Waals surface area contributed by atoms with Crippen molar-refractivity contribution in [3.63, 3.8) is 0 Å². The number of aliphatic hydroxyl groups is 1. The summed E-state index contributed by atoms with van der Waals surface area (Å²) < 4.78 is 11.2. The Morgan fingerprint density at radius 1 is 1.11 bits per heavy atom. The van der Waals surface area contributed by atoms with Gasteiger partial charge in [0.2, 0.25) is 0 Å². The minimum Gasteiger partial charge on any atom is -0.497 e. The lowest BCUT2D eigenvalue weighted by molar-refractivity contribution is -0.0991. The Hall–Kier alpha value is -1.88. The zero-order valence-electron chi connectivity index (χ0n) is 17.3. The summed E-state index contributed by atoms with van der Waals surface area (Å²) in [5.74, 6) is 0.987. The number of nitrogens with one attached hydrogen (secondary N) is 1. The van der Waals surface area contributed by atoms with E-state index in [1.807, 2.05) is 12.1 Å². The van der Waals surface area contributed by atoms with Crippen molar-refractivity contribution in [2.75, 3.05) is 26.9 Å². The van der Waals surface area contributed by atoms with Gasteiger partial charge in [-0.05, 0) is 49.9 Å². The predicted octanol–water partition coefficient (Wildman–Crippen LogP) is 3.92. The minimum atomic E-state index is -0.197. The summed E-state index contributed by atoms with van der Waals surface area (Å²) in [7, 11) is 1.68. The van der Waals surface area contributed by atoms with Crippen LogP contribution in [-0.2, 0) is 16.7 Å². The first-order chi connectivity index (χ1) is 13.5. The van der Waals surface area contributed by atoms with Gasteiger partial charge in [0, 0.05) is 37.6 Å². The average molecular weight is 384 g/mol. The third kappa shape index (κ3) is 4.75. The van der Waals surface area contributed by atoms with E-state index in [2.05, 4.69) is 61.6 Å². The van der Waals surface area contributed by atoms with Crippen molar-refractivity contribution in [1.29, 1.82) is 0 Å². The number of methoxy groups -OCH3 is 1. The highest BCUT2D eigenvalue weighted by Crippen LogP contribution is 2.46. The molecule has 0 aromatic heterocycles. The topological polar surface area (TPSA) is 50.7 Å². The summed E-state index contributed by atoms with van der Waals surface area (Å²) in [5.41, 5.74) is 2.22. The molecule has 2 aromatic carbocycles. The molecule has 1 aliphatic rings. The van der Waals surface area contributed by atoms with Crippen LogP contribution in [0.2, 0.25) is 0 Å². The molecule has 0 bridgehead atoms. The van der Waals surface area contributed by atoms with Crippen LogP contribution in [0.4, 0.5) is 0 Å². The second-order valence-corrected chi connectivity index (χ2v) is 8.42. The van der Waals surface area contributed by atoms with Gasteiger partial charge in [0.1, 0.15) is 5.75 Å². The van der Waals surface area contributed by atoms with E-state index in [-0.39, 0.29) is 23.5 Å². The second-order valence-electron chi connectivity index (χ2n) is 8.42. The van der Waals surface area contributed by atoms with Crippen molar-refractivity contribution in [2.45, 2.75) is 44.2 Å². The highest BCUT2D eigenvalue weighted by molar-refractivity contribution is 5.29. The Labute approximate surface area is 168 Å². The van der Waals surface area contributed by atoms with Crippen molar-refractivity contribution >= 4 is 0 Å². The SMILES string of the molecule is COc1ccc(CNC[C@H](CO)[C@@]2(c3ccccc3)CCOC(C)(C)C2)cc1. The fraction of sp³-hybridized carbons (Fsp3) is 0.500. The molecule has 0 saturated carbocycles. The number of rotatable bonds is 8. The molecule has 3 rings (SSSR count). The second kappa shape index (κ2) is 9.08. The highest BCUT2D eigenvalue weighted by Gasteiger charge is 2.46. The molecule has 1 aliphatic heterocycles. The molecule has 0 unspecified atom stereocenters. The molecule has 0 radical (unpaired) electrons. The summed E-state index contributed by atoms with van der Waals surface area (Å²) in [5, 5.41) is 13.9. The Morgan fingerprint density at radius 2 is 1.82 bits per heavy atom. The maximum absolute atomic E-state index is 10.3. The van der Waals surface area contributed by atoms with Crippen molar-refractivity contribution in [2.24, 2.45) is 5.92 Å². The number of hydrogen-bond acceptors (Lipinski definition) is 4. The van der Waals surface area contributed by atoms with Crippen LogP contribution in [0.1, 0.15) is 37.8 Å². The first-order valence-electron chi connectivity index (χ1n) is 10.1. The van der Waals surface area contributed by atoms with Crippen molar-refractivity contribution in [1.82, 2.24) is 5.32 Å². The van der Waals surface area contributed by atoms with E-state index in [1.54, 1.807) is 7.11 Å². The molecular weight excluding hydrogens is 350 g/mol. The lowest BCUT2D eigenvalue weighted by atomic mass is 9.62. The van der Waals surface area contributed by atoms with Crippen LogP contribution >= 0.6 is 0 Å². The van der Waals surface area contributed by atoms with E-state index in [4.69, 9.17) is 9.47 Å². The largest absolute Gasteiger partial charge is 0.497 e. The fourth-order valence-electron chi connectivity index (χ4n) is 4.58. The summed E-state index contributed by atoms with van der Waals surface area (Å²) in [6.45, 7) is 6.71. The first kappa shape index (κ1) is 20.8. The monoisotopic (exact) mass is 383 g/mol. The zero-order valence-corrected chi connectivity index (χ0v) is 17.3. The molecule has 0 amide bonds. The number of ether oxygens (including phenoxy) is 2. The summed E-state index contributed by atoms with van der Waals surface area (Å²) in [6.07, 6.45) is 1.83. The number of benzene rings is 2. The maximum atomic E-state index is 10.3. The molecule has 4 heteroatoms. The van der Waals surface area contributed by atoms with Gasteiger partial charge in [-0.15, -0.1) is 0 Å². The third-order valence-electron chi connectivity index (χ3n) is 6.01. The molecular formula is C24H33NO3. The van der Waals surface area contributed by atoms with E-state index in [0.29, 0.717) is 0 Å². The van der Waals surface area contributed by atoms with Crippen LogP contribution in [-0.4, -0.2) is 37.6 Å². The quantitative estimate of drug-likeness (QED) is 0.725. The van der Waals surface area contributed by atoms with Crippen LogP contribution in [0.3, 0.4) is 0 Å². The lowest BCUT2D eigenvalue weighted by Crippen LogP contribution is -2.51. The van der Waals surface area contributed by atoms with Crippen molar-refractivity contribution < 1.29 is 14.6 Å². The molecule has 28 heavy (non-hydrogen) atoms. The minimum absolute atomic E-state index is 0.0926. The molecule has 0 aliphatic carbocycles. The Morgan fingerprint density at radius 3 is 2.43 bits per heavy atom. The van der Waals surface area contributed by atoms with Gasteiger partial charge >= 0.3 is 0 Å². The molecule has 2 atom stereocenters. The smallest absolute Gasteiger partial charge is 0.118 e. The molecule has 4 nitrogen and oxygen atoms in total. The van der Waals surface area contributed by atoms with Gasteiger partial charge in [-0.1, -0.05) is 42.5 Å². The van der Waals surface area contributed by atoms with Gasteiger partial charge in [0.15, 0.2) is 0 Å². The Bertz CT molecular complexity index is 729. The normalized spacial score (nSPS) is 22.6. The molecule has 2 N–H and O–H groups in total.